The molecule has 1 aliphatic rings. The standard InChI is InChI=1S/C14H28N2O/c1-4-6-12-7-10-16(11-8-12)13(17)14(3,15)9-5-2/h12H,4-11,15H2,1-3H3. The van der Waals surface area contributed by atoms with Crippen molar-refractivity contribution in [1.82, 2.24) is 4.90 Å². The molecule has 17 heavy (non-hydrogen) atoms. The Kier molecular flexibility index (Phi) is 5.44. The van der Waals surface area contributed by atoms with Gasteiger partial charge in [-0.2, -0.15) is 0 Å². The Hall–Kier alpha value is -0.570. The number of rotatable bonds is 5. The van der Waals surface area contributed by atoms with Crippen LogP contribution in [-0.4, -0.2) is 29.4 Å². The molecule has 3 heteroatoms. The summed E-state index contributed by atoms with van der Waals surface area (Å²) in [6, 6.07) is 0. The van der Waals surface area contributed by atoms with Crippen molar-refractivity contribution in [2.45, 2.75) is 64.8 Å². The Morgan fingerprint density at radius 1 is 1.29 bits per heavy atom. The predicted molar refractivity (Wildman–Crippen MR) is 71.7 cm³/mol. The fraction of sp³-hybridized carbons (Fsp3) is 0.929. The van der Waals surface area contributed by atoms with E-state index >= 15 is 0 Å². The van der Waals surface area contributed by atoms with Crippen LogP contribution in [0.4, 0.5) is 0 Å². The summed E-state index contributed by atoms with van der Waals surface area (Å²) >= 11 is 0. The summed E-state index contributed by atoms with van der Waals surface area (Å²) in [6.45, 7) is 7.98. The second-order valence-electron chi connectivity index (χ2n) is 5.69. The fourth-order valence-corrected chi connectivity index (χ4v) is 2.82. The van der Waals surface area contributed by atoms with Crippen LogP contribution in [-0.2, 0) is 4.79 Å². The van der Waals surface area contributed by atoms with Gasteiger partial charge < -0.3 is 10.6 Å². The van der Waals surface area contributed by atoms with Crippen molar-refractivity contribution < 1.29 is 4.79 Å². The van der Waals surface area contributed by atoms with E-state index in [4.69, 9.17) is 5.73 Å². The molecule has 0 radical (unpaired) electrons. The number of carbonyl (C=O) groups excluding carboxylic acids is 1. The molecule has 0 aliphatic carbocycles. The van der Waals surface area contributed by atoms with E-state index in [-0.39, 0.29) is 5.91 Å². The smallest absolute Gasteiger partial charge is 0.242 e. The molecule has 1 unspecified atom stereocenters. The van der Waals surface area contributed by atoms with E-state index < -0.39 is 5.54 Å². The zero-order valence-electron chi connectivity index (χ0n) is 11.7. The van der Waals surface area contributed by atoms with Crippen LogP contribution in [0.3, 0.4) is 0 Å². The molecule has 1 fully saturated rings. The van der Waals surface area contributed by atoms with Gasteiger partial charge in [-0.15, -0.1) is 0 Å². The van der Waals surface area contributed by atoms with Crippen LogP contribution >= 0.6 is 0 Å². The molecule has 1 aliphatic heterocycles. The first-order valence-electron chi connectivity index (χ1n) is 7.09. The summed E-state index contributed by atoms with van der Waals surface area (Å²) < 4.78 is 0. The fourth-order valence-electron chi connectivity index (χ4n) is 2.82. The highest BCUT2D eigenvalue weighted by Gasteiger charge is 2.33. The highest BCUT2D eigenvalue weighted by Crippen LogP contribution is 2.24. The number of amides is 1. The second-order valence-corrected chi connectivity index (χ2v) is 5.69. The first-order valence-corrected chi connectivity index (χ1v) is 7.09. The molecule has 1 saturated heterocycles. The van der Waals surface area contributed by atoms with Gasteiger partial charge in [0.1, 0.15) is 0 Å². The van der Waals surface area contributed by atoms with Gasteiger partial charge in [0.15, 0.2) is 0 Å². The molecule has 1 heterocycles. The summed E-state index contributed by atoms with van der Waals surface area (Å²) in [5, 5.41) is 0. The lowest BCUT2D eigenvalue weighted by Gasteiger charge is -2.36. The number of nitrogens with zero attached hydrogens (tertiary/aromatic N) is 1. The van der Waals surface area contributed by atoms with Crippen LogP contribution in [0.2, 0.25) is 0 Å². The van der Waals surface area contributed by atoms with Crippen LogP contribution in [0, 0.1) is 5.92 Å². The van der Waals surface area contributed by atoms with Crippen LogP contribution in [0.25, 0.3) is 0 Å². The van der Waals surface area contributed by atoms with Crippen LogP contribution in [0.5, 0.6) is 0 Å². The Bertz CT molecular complexity index is 243. The average Bonchev–Trinajstić information content (AvgIpc) is 2.29. The number of carbonyl (C=O) groups is 1. The van der Waals surface area contributed by atoms with Crippen LogP contribution in [0.1, 0.15) is 59.3 Å². The molecule has 100 valence electrons. The third-order valence-corrected chi connectivity index (χ3v) is 3.86. The quantitative estimate of drug-likeness (QED) is 0.802. The van der Waals surface area contributed by atoms with E-state index in [0.717, 1.165) is 44.7 Å². The minimum Gasteiger partial charge on any atom is -0.341 e. The zero-order valence-corrected chi connectivity index (χ0v) is 11.7. The largest absolute Gasteiger partial charge is 0.341 e. The third kappa shape index (κ3) is 3.98. The minimum absolute atomic E-state index is 0.147. The van der Waals surface area contributed by atoms with Crippen molar-refractivity contribution in [1.29, 1.82) is 0 Å². The van der Waals surface area contributed by atoms with Crippen LogP contribution in [0.15, 0.2) is 0 Å². The maximum Gasteiger partial charge on any atom is 0.242 e. The van der Waals surface area contributed by atoms with Gasteiger partial charge in [0, 0.05) is 13.1 Å². The van der Waals surface area contributed by atoms with Crippen molar-refractivity contribution in [3.05, 3.63) is 0 Å². The van der Waals surface area contributed by atoms with Gasteiger partial charge in [0.2, 0.25) is 5.91 Å². The monoisotopic (exact) mass is 240 g/mol. The van der Waals surface area contributed by atoms with Gasteiger partial charge in [-0.3, -0.25) is 4.79 Å². The van der Waals surface area contributed by atoms with Crippen molar-refractivity contribution in [2.75, 3.05) is 13.1 Å². The minimum atomic E-state index is -0.660. The van der Waals surface area contributed by atoms with Gasteiger partial charge in [-0.05, 0) is 32.1 Å². The summed E-state index contributed by atoms with van der Waals surface area (Å²) in [4.78, 5) is 14.2. The summed E-state index contributed by atoms with van der Waals surface area (Å²) in [6.07, 6.45) is 6.61. The van der Waals surface area contributed by atoms with Gasteiger partial charge >= 0.3 is 0 Å². The number of hydrogen-bond acceptors (Lipinski definition) is 2. The molecule has 1 amide bonds. The van der Waals surface area contributed by atoms with Gasteiger partial charge in [-0.25, -0.2) is 0 Å². The summed E-state index contributed by atoms with van der Waals surface area (Å²) in [5.74, 6) is 0.966. The van der Waals surface area contributed by atoms with Crippen molar-refractivity contribution in [3.8, 4) is 0 Å². The maximum atomic E-state index is 12.3. The highest BCUT2D eigenvalue weighted by atomic mass is 16.2. The number of hydrogen-bond donors (Lipinski definition) is 1. The molecule has 0 aromatic carbocycles. The van der Waals surface area contributed by atoms with Crippen molar-refractivity contribution in [3.63, 3.8) is 0 Å². The summed E-state index contributed by atoms with van der Waals surface area (Å²) in [5.41, 5.74) is 5.44. The number of nitrogens with two attached hydrogens (primary N) is 1. The summed E-state index contributed by atoms with van der Waals surface area (Å²) in [7, 11) is 0. The normalized spacial score (nSPS) is 21.3. The van der Waals surface area contributed by atoms with E-state index in [1.165, 1.54) is 12.8 Å². The van der Waals surface area contributed by atoms with Gasteiger partial charge in [0.25, 0.3) is 0 Å². The third-order valence-electron chi connectivity index (χ3n) is 3.86. The predicted octanol–water partition coefficient (Wildman–Crippen LogP) is 2.54. The highest BCUT2D eigenvalue weighted by molar-refractivity contribution is 5.85. The molecule has 0 saturated carbocycles. The zero-order chi connectivity index (χ0) is 12.9. The Morgan fingerprint density at radius 2 is 1.88 bits per heavy atom. The van der Waals surface area contributed by atoms with E-state index in [0.29, 0.717) is 0 Å². The average molecular weight is 240 g/mol. The molecule has 0 spiro atoms. The molecule has 1 atom stereocenters. The SMILES string of the molecule is CCCC1CCN(C(=O)C(C)(N)CCC)CC1. The molecule has 0 aromatic rings. The molecule has 1 rings (SSSR count). The first-order chi connectivity index (χ1) is 8.01. The number of piperidine rings is 1. The van der Waals surface area contributed by atoms with Crippen LogP contribution < -0.4 is 5.73 Å². The lowest BCUT2D eigenvalue weighted by molar-refractivity contribution is -0.138. The van der Waals surface area contributed by atoms with E-state index in [9.17, 15) is 4.79 Å². The van der Waals surface area contributed by atoms with Gasteiger partial charge in [0.05, 0.1) is 5.54 Å². The van der Waals surface area contributed by atoms with Crippen molar-refractivity contribution >= 4 is 5.91 Å². The lowest BCUT2D eigenvalue weighted by Crippen LogP contribution is -2.54. The number of likely N-dealkylation sites (tertiary alicyclic amines) is 1. The topological polar surface area (TPSA) is 46.3 Å². The lowest BCUT2D eigenvalue weighted by atomic mass is 9.90. The molecular weight excluding hydrogens is 212 g/mol. The Labute approximate surface area is 106 Å². The molecular formula is C14H28N2O. The van der Waals surface area contributed by atoms with E-state index in [1.54, 1.807) is 0 Å². The second kappa shape index (κ2) is 6.39. The molecule has 2 N–H and O–H groups in total. The van der Waals surface area contributed by atoms with Crippen molar-refractivity contribution in [2.24, 2.45) is 11.7 Å². The molecule has 3 nitrogen and oxygen atoms in total. The Balaban J connectivity index is 2.45. The van der Waals surface area contributed by atoms with E-state index in [2.05, 4.69) is 13.8 Å². The Morgan fingerprint density at radius 3 is 2.35 bits per heavy atom. The maximum absolute atomic E-state index is 12.3. The molecule has 0 bridgehead atoms. The first kappa shape index (κ1) is 14.5. The molecule has 0 aromatic heterocycles. The van der Waals surface area contributed by atoms with E-state index in [1.807, 2.05) is 11.8 Å². The van der Waals surface area contributed by atoms with Gasteiger partial charge in [-0.1, -0.05) is 33.1 Å².